The first-order valence-electron chi connectivity index (χ1n) is 12.0. The van der Waals surface area contributed by atoms with Crippen molar-refractivity contribution >= 4 is 6.29 Å². The van der Waals surface area contributed by atoms with Crippen molar-refractivity contribution in [2.45, 2.75) is 136 Å². The summed E-state index contributed by atoms with van der Waals surface area (Å²) in [4.78, 5) is 10.4. The van der Waals surface area contributed by atoms with Gasteiger partial charge in [0.05, 0.1) is 0 Å². The van der Waals surface area contributed by atoms with Crippen molar-refractivity contribution in [3.63, 3.8) is 0 Å². The summed E-state index contributed by atoms with van der Waals surface area (Å²) in [6.07, 6.45) is 29.4. The lowest BCUT2D eigenvalue weighted by molar-refractivity contribution is -0.107. The molecule has 1 nitrogen and oxygen atoms in total. The van der Waals surface area contributed by atoms with Crippen LogP contribution in [0.5, 0.6) is 0 Å². The van der Waals surface area contributed by atoms with Gasteiger partial charge in [-0.1, -0.05) is 107 Å². The second kappa shape index (κ2) is 21.5. The van der Waals surface area contributed by atoms with Crippen LogP contribution in [0.15, 0.2) is 23.3 Å². The van der Waals surface area contributed by atoms with Crippen LogP contribution in [0.1, 0.15) is 136 Å². The Hall–Kier alpha value is -0.850. The number of allylic oxidation sites excluding steroid dienone is 4. The highest BCUT2D eigenvalue weighted by Gasteiger charge is 1.95. The highest BCUT2D eigenvalue weighted by atomic mass is 16.1. The van der Waals surface area contributed by atoms with Crippen LogP contribution in [0.4, 0.5) is 0 Å². The Kier molecular flexibility index (Phi) is 20.8. The van der Waals surface area contributed by atoms with Crippen molar-refractivity contribution in [3.05, 3.63) is 23.3 Å². The third-order valence-electron chi connectivity index (χ3n) is 5.49. The summed E-state index contributed by atoms with van der Waals surface area (Å²) in [5, 5.41) is 0. The van der Waals surface area contributed by atoms with Gasteiger partial charge in [0.15, 0.2) is 0 Å². The highest BCUT2D eigenvalue weighted by molar-refractivity contribution is 5.49. The Morgan fingerprint density at radius 3 is 1.44 bits per heavy atom. The van der Waals surface area contributed by atoms with Crippen molar-refractivity contribution in [1.29, 1.82) is 0 Å². The molecule has 0 saturated heterocycles. The second-order valence-corrected chi connectivity index (χ2v) is 8.38. The molecule has 0 saturated carbocycles. The van der Waals surface area contributed by atoms with E-state index in [4.69, 9.17) is 0 Å². The minimum atomic E-state index is 0.663. The SMILES string of the molecule is CCCCCCCCCCCCCCC/C=C(\C)CC/C=C(/C)CCC=O. The van der Waals surface area contributed by atoms with E-state index in [-0.39, 0.29) is 0 Å². The molecule has 0 aromatic rings. The zero-order chi connectivity index (χ0) is 20.0. The summed E-state index contributed by atoms with van der Waals surface area (Å²) in [5.41, 5.74) is 2.87. The van der Waals surface area contributed by atoms with Gasteiger partial charge in [0.25, 0.3) is 0 Å². The monoisotopic (exact) mass is 376 g/mol. The van der Waals surface area contributed by atoms with Gasteiger partial charge in [-0.15, -0.1) is 0 Å². The third-order valence-corrected chi connectivity index (χ3v) is 5.49. The molecular formula is C26H48O. The van der Waals surface area contributed by atoms with Crippen molar-refractivity contribution in [1.82, 2.24) is 0 Å². The van der Waals surface area contributed by atoms with E-state index in [1.165, 1.54) is 101 Å². The van der Waals surface area contributed by atoms with Crippen LogP contribution < -0.4 is 0 Å². The molecule has 0 radical (unpaired) electrons. The molecule has 0 aliphatic rings. The fourth-order valence-corrected chi connectivity index (χ4v) is 3.55. The number of aldehydes is 1. The molecule has 0 amide bonds. The number of hydrogen-bond acceptors (Lipinski definition) is 1. The maximum atomic E-state index is 10.4. The van der Waals surface area contributed by atoms with Gasteiger partial charge in [0.2, 0.25) is 0 Å². The normalized spacial score (nSPS) is 12.6. The summed E-state index contributed by atoms with van der Waals surface area (Å²) >= 11 is 0. The summed E-state index contributed by atoms with van der Waals surface area (Å²) in [6.45, 7) is 6.68. The van der Waals surface area contributed by atoms with Gasteiger partial charge in [0.1, 0.15) is 6.29 Å². The van der Waals surface area contributed by atoms with E-state index in [0.29, 0.717) is 6.42 Å². The third kappa shape index (κ3) is 21.3. The molecule has 0 rings (SSSR count). The summed E-state index contributed by atoms with van der Waals surface area (Å²) in [5.74, 6) is 0. The fraction of sp³-hybridized carbons (Fsp3) is 0.808. The number of hydrogen-bond donors (Lipinski definition) is 0. The first kappa shape index (κ1) is 26.1. The largest absolute Gasteiger partial charge is 0.303 e. The lowest BCUT2D eigenvalue weighted by Crippen LogP contribution is -1.83. The minimum absolute atomic E-state index is 0.663. The summed E-state index contributed by atoms with van der Waals surface area (Å²) < 4.78 is 0. The van der Waals surface area contributed by atoms with Gasteiger partial charge in [-0.2, -0.15) is 0 Å². The molecule has 1 heteroatoms. The van der Waals surface area contributed by atoms with E-state index >= 15 is 0 Å². The highest BCUT2D eigenvalue weighted by Crippen LogP contribution is 2.14. The first-order valence-corrected chi connectivity index (χ1v) is 12.0. The van der Waals surface area contributed by atoms with E-state index in [0.717, 1.165) is 25.5 Å². The predicted octanol–water partition coefficient (Wildman–Crippen LogP) is 9.12. The molecule has 0 heterocycles. The average molecular weight is 377 g/mol. The lowest BCUT2D eigenvalue weighted by atomic mass is 10.0. The number of carbonyl (C=O) groups excluding carboxylic acids is 1. The molecule has 0 aromatic heterocycles. The zero-order valence-corrected chi connectivity index (χ0v) is 18.9. The quantitative estimate of drug-likeness (QED) is 0.118. The smallest absolute Gasteiger partial charge is 0.120 e. The van der Waals surface area contributed by atoms with E-state index < -0.39 is 0 Å². The van der Waals surface area contributed by atoms with Gasteiger partial charge < -0.3 is 4.79 Å². The van der Waals surface area contributed by atoms with Gasteiger partial charge in [-0.3, -0.25) is 0 Å². The van der Waals surface area contributed by atoms with Crippen LogP contribution in [0.2, 0.25) is 0 Å². The molecule has 0 aliphatic carbocycles. The molecular weight excluding hydrogens is 328 g/mol. The molecule has 0 spiro atoms. The Morgan fingerprint density at radius 2 is 0.963 bits per heavy atom. The van der Waals surface area contributed by atoms with Gasteiger partial charge in [-0.25, -0.2) is 0 Å². The molecule has 0 unspecified atom stereocenters. The van der Waals surface area contributed by atoms with Crippen LogP contribution in [-0.4, -0.2) is 6.29 Å². The standard InChI is InChI=1S/C26H48O/c1-4-5-6-7-8-9-10-11-12-13-14-15-16-17-20-25(2)21-18-22-26(3)23-19-24-27/h20,22,24H,4-19,21,23H2,1-3H3/b25-20+,26-22-. The summed E-state index contributed by atoms with van der Waals surface area (Å²) in [6, 6.07) is 0. The Bertz CT molecular complexity index is 378. The minimum Gasteiger partial charge on any atom is -0.303 e. The Labute approximate surface area is 171 Å². The Balaban J connectivity index is 3.37. The van der Waals surface area contributed by atoms with Crippen molar-refractivity contribution in [2.75, 3.05) is 0 Å². The number of carbonyl (C=O) groups is 1. The van der Waals surface area contributed by atoms with Gasteiger partial charge in [-0.05, 0) is 46.0 Å². The van der Waals surface area contributed by atoms with Gasteiger partial charge in [0, 0.05) is 6.42 Å². The first-order chi connectivity index (χ1) is 13.2. The van der Waals surface area contributed by atoms with Crippen LogP contribution in [0.3, 0.4) is 0 Å². The Morgan fingerprint density at radius 1 is 0.556 bits per heavy atom. The number of unbranched alkanes of at least 4 members (excludes halogenated alkanes) is 13. The molecule has 0 N–H and O–H groups in total. The molecule has 0 bridgehead atoms. The predicted molar refractivity (Wildman–Crippen MR) is 122 cm³/mol. The fourth-order valence-electron chi connectivity index (χ4n) is 3.55. The van der Waals surface area contributed by atoms with Gasteiger partial charge >= 0.3 is 0 Å². The van der Waals surface area contributed by atoms with Crippen LogP contribution >= 0.6 is 0 Å². The molecule has 0 atom stereocenters. The topological polar surface area (TPSA) is 17.1 Å². The summed E-state index contributed by atoms with van der Waals surface area (Å²) in [7, 11) is 0. The van der Waals surface area contributed by atoms with E-state index in [2.05, 4.69) is 32.9 Å². The maximum absolute atomic E-state index is 10.4. The van der Waals surface area contributed by atoms with E-state index in [9.17, 15) is 4.79 Å². The molecule has 158 valence electrons. The van der Waals surface area contributed by atoms with Crippen molar-refractivity contribution < 1.29 is 4.79 Å². The number of rotatable bonds is 20. The molecule has 0 aromatic carbocycles. The van der Waals surface area contributed by atoms with Crippen molar-refractivity contribution in [2.24, 2.45) is 0 Å². The van der Waals surface area contributed by atoms with E-state index in [1.54, 1.807) is 0 Å². The molecule has 27 heavy (non-hydrogen) atoms. The van der Waals surface area contributed by atoms with Crippen LogP contribution in [0, 0.1) is 0 Å². The van der Waals surface area contributed by atoms with E-state index in [1.807, 2.05) is 0 Å². The van der Waals surface area contributed by atoms with Crippen molar-refractivity contribution in [3.8, 4) is 0 Å². The lowest BCUT2D eigenvalue weighted by Gasteiger charge is -2.03. The second-order valence-electron chi connectivity index (χ2n) is 8.38. The zero-order valence-electron chi connectivity index (χ0n) is 18.9. The average Bonchev–Trinajstić information content (AvgIpc) is 2.66. The molecule has 0 fully saturated rings. The molecule has 0 aliphatic heterocycles. The maximum Gasteiger partial charge on any atom is 0.120 e. The van der Waals surface area contributed by atoms with Crippen LogP contribution in [0.25, 0.3) is 0 Å². The van der Waals surface area contributed by atoms with Crippen LogP contribution in [-0.2, 0) is 4.79 Å².